The van der Waals surface area contributed by atoms with E-state index in [1.54, 1.807) is 0 Å². The molecule has 5 aromatic carbocycles. The maximum atomic E-state index is 5.87. The zero-order valence-corrected chi connectivity index (χ0v) is 29.3. The van der Waals surface area contributed by atoms with Crippen LogP contribution in [0, 0.1) is 0 Å². The van der Waals surface area contributed by atoms with Gasteiger partial charge in [-0.05, 0) is 65.2 Å². The Balaban J connectivity index is 0.000000234. The number of dihydropyridines is 1. The Bertz CT molecular complexity index is 2280. The van der Waals surface area contributed by atoms with E-state index in [4.69, 9.17) is 5.73 Å². The summed E-state index contributed by atoms with van der Waals surface area (Å²) < 4.78 is 2.54. The molecule has 1 fully saturated rings. The smallest absolute Gasteiger partial charge is 0.104 e. The lowest BCUT2D eigenvalue weighted by Gasteiger charge is -2.20. The summed E-state index contributed by atoms with van der Waals surface area (Å²) in [5.74, 6) is 1.02. The number of nitrogens with two attached hydrogens (primary N) is 1. The fourth-order valence-electron chi connectivity index (χ4n) is 6.48. The first-order valence-corrected chi connectivity index (χ1v) is 17.9. The number of hydrogen-bond donors (Lipinski definition) is 5. The summed E-state index contributed by atoms with van der Waals surface area (Å²) in [4.78, 5) is 0. The van der Waals surface area contributed by atoms with E-state index in [1.807, 2.05) is 55.7 Å². The number of anilines is 1. The van der Waals surface area contributed by atoms with Crippen LogP contribution in [-0.2, 0) is 0 Å². The Hall–Kier alpha value is -5.24. The van der Waals surface area contributed by atoms with Crippen molar-refractivity contribution < 1.29 is 0 Å². The molecular formula is C44H43N5S. The van der Waals surface area contributed by atoms with Crippen molar-refractivity contribution >= 4 is 53.5 Å². The van der Waals surface area contributed by atoms with Crippen molar-refractivity contribution in [2.75, 3.05) is 18.9 Å². The van der Waals surface area contributed by atoms with Crippen molar-refractivity contribution in [1.82, 2.24) is 16.0 Å². The third-order valence-electron chi connectivity index (χ3n) is 9.24. The molecule has 6 aromatic rings. The van der Waals surface area contributed by atoms with Gasteiger partial charge in [0.15, 0.2) is 0 Å². The summed E-state index contributed by atoms with van der Waals surface area (Å²) in [5.41, 5.74) is 12.8. The highest BCUT2D eigenvalue weighted by molar-refractivity contribution is 7.26. The molecule has 50 heavy (non-hydrogen) atoms. The standard InChI is InChI=1S/C32H29N3S.C12H14N2/c1-3-4-6-11-21(2)24-16-17-26-25-14-9-10-15-27(25)36-32(26)31(24)34-28-20-23(18-19-33-28)30-29(35-30)22-12-7-5-8-13-22;1-14-12(13)11-7-6-9-4-2-3-5-10(9)8-11/h3-18,20,29-30,33-35H,2,19H2,1H3;2-8,12,14H,13H2,1H3/b4-3-,11-6-;. The Morgan fingerprint density at radius 1 is 0.880 bits per heavy atom. The number of rotatable bonds is 9. The first-order chi connectivity index (χ1) is 24.5. The highest BCUT2D eigenvalue weighted by Gasteiger charge is 2.39. The van der Waals surface area contributed by atoms with Crippen LogP contribution in [0.2, 0.25) is 0 Å². The lowest BCUT2D eigenvalue weighted by Crippen LogP contribution is -2.24. The summed E-state index contributed by atoms with van der Waals surface area (Å²) in [6, 6.07) is 39.0. The Morgan fingerprint density at radius 3 is 2.48 bits per heavy atom. The number of hydrogen-bond acceptors (Lipinski definition) is 6. The maximum absolute atomic E-state index is 5.87. The van der Waals surface area contributed by atoms with Gasteiger partial charge in [-0.2, -0.15) is 0 Å². The Labute approximate surface area is 298 Å². The van der Waals surface area contributed by atoms with Crippen LogP contribution in [0.15, 0.2) is 164 Å². The number of benzene rings is 5. The summed E-state index contributed by atoms with van der Waals surface area (Å²) in [6.45, 7) is 7.21. The monoisotopic (exact) mass is 673 g/mol. The number of allylic oxidation sites excluding steroid dienone is 5. The summed E-state index contributed by atoms with van der Waals surface area (Å²) >= 11 is 1.83. The van der Waals surface area contributed by atoms with Gasteiger partial charge in [-0.25, -0.2) is 0 Å². The minimum Gasteiger partial charge on any atom is -0.368 e. The molecule has 2 aliphatic heterocycles. The third kappa shape index (κ3) is 7.20. The molecule has 3 atom stereocenters. The zero-order chi connectivity index (χ0) is 34.5. The van der Waals surface area contributed by atoms with E-state index < -0.39 is 0 Å². The van der Waals surface area contributed by atoms with Crippen LogP contribution in [0.25, 0.3) is 36.5 Å². The summed E-state index contributed by atoms with van der Waals surface area (Å²) in [7, 11) is 1.86. The van der Waals surface area contributed by atoms with Crippen molar-refractivity contribution in [3.05, 3.63) is 180 Å². The van der Waals surface area contributed by atoms with Crippen LogP contribution in [0.1, 0.15) is 35.8 Å². The Kier molecular flexibility index (Phi) is 10.1. The molecule has 0 radical (unpaired) electrons. The first-order valence-electron chi connectivity index (χ1n) is 17.1. The van der Waals surface area contributed by atoms with Crippen LogP contribution >= 0.6 is 11.3 Å². The molecule has 0 saturated carbocycles. The molecule has 0 spiro atoms. The van der Waals surface area contributed by atoms with Gasteiger partial charge in [0.25, 0.3) is 0 Å². The third-order valence-corrected chi connectivity index (χ3v) is 10.4. The highest BCUT2D eigenvalue weighted by atomic mass is 32.1. The quantitative estimate of drug-likeness (QED) is 0.0600. The van der Waals surface area contributed by atoms with Gasteiger partial charge in [0.2, 0.25) is 0 Å². The van der Waals surface area contributed by atoms with Crippen LogP contribution in [-0.4, -0.2) is 19.6 Å². The van der Waals surface area contributed by atoms with Crippen LogP contribution in [0.5, 0.6) is 0 Å². The minimum atomic E-state index is -0.0837. The molecule has 0 aliphatic carbocycles. The van der Waals surface area contributed by atoms with Gasteiger partial charge in [0.05, 0.1) is 28.6 Å². The molecule has 1 aromatic heterocycles. The van der Waals surface area contributed by atoms with E-state index in [9.17, 15) is 0 Å². The van der Waals surface area contributed by atoms with Crippen LogP contribution in [0.4, 0.5) is 5.69 Å². The minimum absolute atomic E-state index is 0.0837. The van der Waals surface area contributed by atoms with Gasteiger partial charge in [0, 0.05) is 27.6 Å². The molecule has 8 rings (SSSR count). The molecule has 6 heteroatoms. The first kappa shape index (κ1) is 33.3. The van der Waals surface area contributed by atoms with E-state index in [0.717, 1.165) is 34.8 Å². The van der Waals surface area contributed by atoms with Crippen molar-refractivity contribution in [2.24, 2.45) is 5.73 Å². The number of fused-ring (bicyclic) bond motifs is 4. The van der Waals surface area contributed by atoms with Crippen molar-refractivity contribution in [2.45, 2.75) is 25.2 Å². The average molecular weight is 674 g/mol. The van der Waals surface area contributed by atoms with Gasteiger partial charge in [-0.3, -0.25) is 5.32 Å². The fraction of sp³-hybridized carbons (Fsp3) is 0.136. The van der Waals surface area contributed by atoms with Crippen molar-refractivity contribution in [1.29, 1.82) is 0 Å². The average Bonchev–Trinajstić information content (AvgIpc) is 3.89. The van der Waals surface area contributed by atoms with Crippen LogP contribution in [0.3, 0.4) is 0 Å². The molecule has 5 nitrogen and oxygen atoms in total. The van der Waals surface area contributed by atoms with E-state index in [-0.39, 0.29) is 6.17 Å². The second-order valence-corrected chi connectivity index (χ2v) is 13.6. The second kappa shape index (κ2) is 15.1. The van der Waals surface area contributed by atoms with E-state index in [0.29, 0.717) is 12.1 Å². The summed E-state index contributed by atoms with van der Waals surface area (Å²) in [6.07, 6.45) is 12.6. The maximum Gasteiger partial charge on any atom is 0.104 e. The predicted octanol–water partition coefficient (Wildman–Crippen LogP) is 9.71. The van der Waals surface area contributed by atoms with Gasteiger partial charge >= 0.3 is 0 Å². The second-order valence-electron chi connectivity index (χ2n) is 12.5. The van der Waals surface area contributed by atoms with Crippen molar-refractivity contribution in [3.8, 4) is 0 Å². The highest BCUT2D eigenvalue weighted by Crippen LogP contribution is 2.42. The molecule has 6 N–H and O–H groups in total. The molecule has 3 heterocycles. The van der Waals surface area contributed by atoms with Gasteiger partial charge in [-0.15, -0.1) is 11.3 Å². The fourth-order valence-corrected chi connectivity index (χ4v) is 7.69. The normalized spacial score (nSPS) is 17.7. The molecule has 250 valence electrons. The van der Waals surface area contributed by atoms with Gasteiger partial charge in [0.1, 0.15) is 5.82 Å². The molecule has 0 bridgehead atoms. The lowest BCUT2D eigenvalue weighted by molar-refractivity contribution is 0.623. The van der Waals surface area contributed by atoms with E-state index >= 15 is 0 Å². The van der Waals surface area contributed by atoms with E-state index in [1.165, 1.54) is 42.1 Å². The SMILES string of the molecule is C=C(/C=C\C=C/C)c1ccc2c(sc3ccccc32)c1NC1=CC(C2NC2c2ccccc2)=CCN1.CNC(N)c1ccc2ccccc2c1. The number of nitrogens with one attached hydrogen (secondary N) is 4. The Morgan fingerprint density at radius 2 is 1.66 bits per heavy atom. The molecule has 2 aliphatic rings. The van der Waals surface area contributed by atoms with Gasteiger partial charge < -0.3 is 21.7 Å². The molecule has 0 amide bonds. The number of thiophene rings is 1. The van der Waals surface area contributed by atoms with Crippen molar-refractivity contribution in [3.63, 3.8) is 0 Å². The molecule has 3 unspecified atom stereocenters. The molecule has 1 saturated heterocycles. The lowest BCUT2D eigenvalue weighted by atomic mass is 10.0. The topological polar surface area (TPSA) is 84.0 Å². The van der Waals surface area contributed by atoms with Crippen LogP contribution < -0.4 is 27.0 Å². The largest absolute Gasteiger partial charge is 0.368 e. The molecular weight excluding hydrogens is 631 g/mol. The summed E-state index contributed by atoms with van der Waals surface area (Å²) in [5, 5.41) is 19.0. The zero-order valence-electron chi connectivity index (χ0n) is 28.5. The van der Waals surface area contributed by atoms with E-state index in [2.05, 4.69) is 143 Å². The predicted molar refractivity (Wildman–Crippen MR) is 216 cm³/mol. The van der Waals surface area contributed by atoms with Gasteiger partial charge in [-0.1, -0.05) is 134 Å².